The van der Waals surface area contributed by atoms with Crippen molar-refractivity contribution in [3.05, 3.63) is 66.2 Å². The first-order chi connectivity index (χ1) is 16.7. The summed E-state index contributed by atoms with van der Waals surface area (Å²) in [6.07, 6.45) is 2.51. The molecule has 0 fully saturated rings. The Bertz CT molecular complexity index is 1460. The van der Waals surface area contributed by atoms with E-state index in [-0.39, 0.29) is 17.2 Å². The van der Waals surface area contributed by atoms with Crippen molar-refractivity contribution in [1.82, 2.24) is 29.0 Å². The molecule has 2 aromatic carbocycles. The first-order valence-corrected chi connectivity index (χ1v) is 12.5. The summed E-state index contributed by atoms with van der Waals surface area (Å²) in [4.78, 5) is 17.2. The highest BCUT2D eigenvalue weighted by atomic mass is 32.2. The quantitative estimate of drug-likeness (QED) is 0.381. The van der Waals surface area contributed by atoms with Crippen LogP contribution >= 0.6 is 0 Å². The average Bonchev–Trinajstić information content (AvgIpc) is 3.45. The van der Waals surface area contributed by atoms with Gasteiger partial charge in [0.1, 0.15) is 11.6 Å². The highest BCUT2D eigenvalue weighted by molar-refractivity contribution is 7.89. The highest BCUT2D eigenvalue weighted by Crippen LogP contribution is 2.22. The minimum Gasteiger partial charge on any atom is -0.497 e. The number of amides is 1. The van der Waals surface area contributed by atoms with Gasteiger partial charge in [0.25, 0.3) is 0 Å². The van der Waals surface area contributed by atoms with Crippen LogP contribution in [0.1, 0.15) is 17.9 Å². The van der Waals surface area contributed by atoms with Crippen molar-refractivity contribution in [1.29, 1.82) is 0 Å². The number of imidazole rings is 1. The Hall–Kier alpha value is -3.70. The number of sulfonamides is 1. The molecule has 2 aromatic heterocycles. The van der Waals surface area contributed by atoms with E-state index >= 15 is 0 Å². The third kappa shape index (κ3) is 5.20. The molecule has 0 aliphatic carbocycles. The maximum atomic E-state index is 12.4. The monoisotopic (exact) mass is 496 g/mol. The van der Waals surface area contributed by atoms with Crippen LogP contribution in [0.4, 0.5) is 0 Å². The molecule has 0 unspecified atom stereocenters. The molecule has 0 atom stereocenters. The van der Waals surface area contributed by atoms with Crippen molar-refractivity contribution >= 4 is 27.0 Å². The highest BCUT2D eigenvalue weighted by Gasteiger charge is 2.19. The number of rotatable bonds is 9. The molecule has 0 bridgehead atoms. The Balaban J connectivity index is 1.36. The van der Waals surface area contributed by atoms with Gasteiger partial charge < -0.3 is 14.6 Å². The lowest BCUT2D eigenvalue weighted by Crippen LogP contribution is -2.23. The zero-order chi connectivity index (χ0) is 25.2. The molecular weight excluding hydrogens is 468 g/mol. The number of benzene rings is 2. The fraction of sp³-hybridized carbons (Fsp3) is 0.292. The van der Waals surface area contributed by atoms with Crippen LogP contribution in [0, 0.1) is 0 Å². The van der Waals surface area contributed by atoms with E-state index in [2.05, 4.69) is 15.4 Å². The molecular formula is C24H28N6O4S. The fourth-order valence-corrected chi connectivity index (χ4v) is 4.58. The minimum absolute atomic E-state index is 0.119. The first kappa shape index (κ1) is 24.4. The summed E-state index contributed by atoms with van der Waals surface area (Å²) in [6.45, 7) is 0.316. The number of aryl methyl sites for hydroxylation is 2. The van der Waals surface area contributed by atoms with Gasteiger partial charge in [0.05, 0.1) is 41.0 Å². The number of nitrogens with zero attached hydrogens (tertiary/aromatic N) is 5. The van der Waals surface area contributed by atoms with Gasteiger partial charge in [0.2, 0.25) is 15.9 Å². The zero-order valence-electron chi connectivity index (χ0n) is 20.1. The Morgan fingerprint density at radius 2 is 1.86 bits per heavy atom. The number of methoxy groups -OCH3 is 1. The number of aromatic nitrogens is 4. The van der Waals surface area contributed by atoms with E-state index in [0.717, 1.165) is 22.6 Å². The average molecular weight is 497 g/mol. The molecule has 1 amide bonds. The predicted molar refractivity (Wildman–Crippen MR) is 132 cm³/mol. The van der Waals surface area contributed by atoms with Crippen LogP contribution in [0.25, 0.3) is 16.7 Å². The number of fused-ring (bicyclic) bond motifs is 1. The van der Waals surface area contributed by atoms with Gasteiger partial charge in [-0.1, -0.05) is 0 Å². The topological polar surface area (TPSA) is 111 Å². The van der Waals surface area contributed by atoms with E-state index in [9.17, 15) is 13.2 Å². The van der Waals surface area contributed by atoms with E-state index in [1.807, 2.05) is 48.1 Å². The molecule has 184 valence electrons. The molecule has 35 heavy (non-hydrogen) atoms. The van der Waals surface area contributed by atoms with E-state index in [1.165, 1.54) is 18.4 Å². The summed E-state index contributed by atoms with van der Waals surface area (Å²) in [5, 5.41) is 7.39. The lowest BCUT2D eigenvalue weighted by Gasteiger charge is -2.10. The summed E-state index contributed by atoms with van der Waals surface area (Å²) in [6, 6.07) is 14.3. The smallest absolute Gasteiger partial charge is 0.242 e. The predicted octanol–water partition coefficient (Wildman–Crippen LogP) is 2.27. The molecule has 2 heterocycles. The molecule has 10 nitrogen and oxygen atoms in total. The van der Waals surface area contributed by atoms with Crippen molar-refractivity contribution < 1.29 is 17.9 Å². The van der Waals surface area contributed by atoms with Crippen molar-refractivity contribution in [3.8, 4) is 11.4 Å². The van der Waals surface area contributed by atoms with Crippen LogP contribution in [0.5, 0.6) is 5.75 Å². The van der Waals surface area contributed by atoms with Crippen LogP contribution < -0.4 is 10.1 Å². The lowest BCUT2D eigenvalue weighted by molar-refractivity contribution is -0.121. The summed E-state index contributed by atoms with van der Waals surface area (Å²) in [5.74, 6) is 1.36. The fourth-order valence-electron chi connectivity index (χ4n) is 3.66. The summed E-state index contributed by atoms with van der Waals surface area (Å²) >= 11 is 0. The summed E-state index contributed by atoms with van der Waals surface area (Å²) in [5.41, 5.74) is 3.02. The van der Waals surface area contributed by atoms with Crippen molar-refractivity contribution in [3.63, 3.8) is 0 Å². The number of hydrogen-bond donors (Lipinski definition) is 1. The van der Waals surface area contributed by atoms with Gasteiger partial charge in [0, 0.05) is 40.2 Å². The maximum absolute atomic E-state index is 12.4. The zero-order valence-corrected chi connectivity index (χ0v) is 20.9. The third-order valence-corrected chi connectivity index (χ3v) is 7.56. The molecule has 0 aliphatic heterocycles. The summed E-state index contributed by atoms with van der Waals surface area (Å²) in [7, 11) is 2.91. The Kier molecular flexibility index (Phi) is 6.90. The van der Waals surface area contributed by atoms with E-state index in [4.69, 9.17) is 4.74 Å². The summed E-state index contributed by atoms with van der Waals surface area (Å²) < 4.78 is 34.8. The standard InChI is InChI=1S/C24H28N6O4S/c1-28(2)35(32,33)20-9-10-22-21(15-20)26-23(29(22)3)11-12-24(31)25-16-17-13-14-30(27-17)18-5-7-19(34-4)8-6-18/h5-10,13-15H,11-12,16H2,1-4H3,(H,25,31). The Labute approximate surface area is 204 Å². The van der Waals surface area contributed by atoms with Crippen LogP contribution in [0.2, 0.25) is 0 Å². The molecule has 4 aromatic rings. The number of carbonyl (C=O) groups excluding carboxylic acids is 1. The van der Waals surface area contributed by atoms with E-state index in [0.29, 0.717) is 24.3 Å². The Morgan fingerprint density at radius 3 is 2.54 bits per heavy atom. The van der Waals surface area contributed by atoms with Crippen LogP contribution in [-0.2, 0) is 34.8 Å². The maximum Gasteiger partial charge on any atom is 0.242 e. The van der Waals surface area contributed by atoms with Gasteiger partial charge in [0.15, 0.2) is 0 Å². The van der Waals surface area contributed by atoms with Gasteiger partial charge in [-0.15, -0.1) is 0 Å². The van der Waals surface area contributed by atoms with Crippen molar-refractivity contribution in [2.24, 2.45) is 7.05 Å². The first-order valence-electron chi connectivity index (χ1n) is 11.0. The van der Waals surface area contributed by atoms with E-state index < -0.39 is 10.0 Å². The normalized spacial score (nSPS) is 11.8. The van der Waals surface area contributed by atoms with E-state index in [1.54, 1.807) is 30.0 Å². The van der Waals surface area contributed by atoms with Gasteiger partial charge in [-0.25, -0.2) is 22.4 Å². The SMILES string of the molecule is COc1ccc(-n2ccc(CNC(=O)CCc3nc4cc(S(=O)(=O)N(C)C)ccc4n3C)n2)cc1. The van der Waals surface area contributed by atoms with Gasteiger partial charge >= 0.3 is 0 Å². The minimum atomic E-state index is -3.54. The molecule has 0 radical (unpaired) electrons. The molecule has 0 saturated heterocycles. The molecule has 0 spiro atoms. The molecule has 0 saturated carbocycles. The largest absolute Gasteiger partial charge is 0.497 e. The second kappa shape index (κ2) is 9.88. The Morgan fingerprint density at radius 1 is 1.11 bits per heavy atom. The van der Waals surface area contributed by atoms with Gasteiger partial charge in [-0.05, 0) is 48.5 Å². The molecule has 0 aliphatic rings. The number of ether oxygens (including phenoxy) is 1. The van der Waals surface area contributed by atoms with Crippen LogP contribution in [0.3, 0.4) is 0 Å². The molecule has 11 heteroatoms. The lowest BCUT2D eigenvalue weighted by atomic mass is 10.2. The molecule has 4 rings (SSSR count). The number of carbonyl (C=O) groups is 1. The van der Waals surface area contributed by atoms with Gasteiger partial charge in [-0.2, -0.15) is 5.10 Å². The van der Waals surface area contributed by atoms with Crippen molar-refractivity contribution in [2.75, 3.05) is 21.2 Å². The third-order valence-electron chi connectivity index (χ3n) is 5.75. The van der Waals surface area contributed by atoms with Gasteiger partial charge in [-0.3, -0.25) is 4.79 Å². The van der Waals surface area contributed by atoms with Crippen molar-refractivity contribution in [2.45, 2.75) is 24.3 Å². The number of hydrogen-bond acceptors (Lipinski definition) is 6. The van der Waals surface area contributed by atoms with Crippen LogP contribution in [0.15, 0.2) is 59.6 Å². The second-order valence-electron chi connectivity index (χ2n) is 8.25. The molecule has 1 N–H and O–H groups in total. The number of nitrogens with one attached hydrogen (secondary N) is 1. The van der Waals surface area contributed by atoms with Crippen LogP contribution in [-0.4, -0.2) is 59.2 Å². The second-order valence-corrected chi connectivity index (χ2v) is 10.4.